The number of piperidine rings is 1. The van der Waals surface area contributed by atoms with Gasteiger partial charge in [-0.15, -0.1) is 0 Å². The van der Waals surface area contributed by atoms with Gasteiger partial charge >= 0.3 is 0 Å². The number of anilines is 2. The monoisotopic (exact) mass is 803 g/mol. The van der Waals surface area contributed by atoms with Gasteiger partial charge in [-0.25, -0.2) is 9.50 Å². The zero-order chi connectivity index (χ0) is 41.4. The smallest absolute Gasteiger partial charge is 0.262 e. The summed E-state index contributed by atoms with van der Waals surface area (Å²) in [5.41, 5.74) is 4.17. The van der Waals surface area contributed by atoms with E-state index in [4.69, 9.17) is 4.74 Å². The standard InChI is InChI=1S/C43H49N9O7/c1-26(2)59-37-20-32-29(18-35(37)47-39(54)34-21-46-51-13-5-12-45-38(34)51)25-49(41(32)56)16-11-27-9-14-48(15-10-27)22-28-23-50(24-28)30-7-8-31-33(19-30)43(58)52(42(31)57)36(6-4-17-53)40(55)44-3/h5,7-8,12-13,17-21,26-28,36H,4,6,9-11,14-16,22-25H2,1-3H3,(H,44,55)(H,47,54). The van der Waals surface area contributed by atoms with E-state index in [9.17, 15) is 28.8 Å². The Hall–Kier alpha value is -6.16. The number of fused-ring (bicyclic) bond motifs is 3. The summed E-state index contributed by atoms with van der Waals surface area (Å²) in [6.07, 6.45) is 8.52. The van der Waals surface area contributed by atoms with Crippen LogP contribution in [0.25, 0.3) is 5.65 Å². The predicted molar refractivity (Wildman–Crippen MR) is 217 cm³/mol. The first-order chi connectivity index (χ1) is 28.5. The minimum Gasteiger partial charge on any atom is -0.489 e. The average molecular weight is 804 g/mol. The first-order valence-corrected chi connectivity index (χ1v) is 20.4. The summed E-state index contributed by atoms with van der Waals surface area (Å²) in [5.74, 6) is -0.449. The molecule has 2 aromatic carbocycles. The van der Waals surface area contributed by atoms with Crippen LogP contribution in [0.1, 0.15) is 92.9 Å². The van der Waals surface area contributed by atoms with Crippen LogP contribution in [0, 0.1) is 11.8 Å². The van der Waals surface area contributed by atoms with Crippen LogP contribution in [0.2, 0.25) is 0 Å². The summed E-state index contributed by atoms with van der Waals surface area (Å²) in [6.45, 7) is 9.60. The molecule has 1 unspecified atom stereocenters. The minimum absolute atomic E-state index is 0.0235. The van der Waals surface area contributed by atoms with Crippen molar-refractivity contribution in [3.8, 4) is 5.75 Å². The van der Waals surface area contributed by atoms with Crippen molar-refractivity contribution in [2.24, 2.45) is 11.8 Å². The number of aldehydes is 1. The Balaban J connectivity index is 0.809. The van der Waals surface area contributed by atoms with Gasteiger partial charge in [-0.05, 0) is 100 Å². The third kappa shape index (κ3) is 7.88. The highest BCUT2D eigenvalue weighted by Crippen LogP contribution is 2.36. The number of nitrogens with zero attached hydrogens (tertiary/aromatic N) is 7. The van der Waals surface area contributed by atoms with Gasteiger partial charge in [-0.1, -0.05) is 0 Å². The lowest BCUT2D eigenvalue weighted by Gasteiger charge is -2.44. The molecule has 2 N–H and O–H groups in total. The summed E-state index contributed by atoms with van der Waals surface area (Å²) >= 11 is 0. The Labute approximate surface area is 341 Å². The van der Waals surface area contributed by atoms with Crippen LogP contribution in [-0.4, -0.2) is 124 Å². The third-order valence-electron chi connectivity index (χ3n) is 11.9. The van der Waals surface area contributed by atoms with E-state index in [0.29, 0.717) is 59.4 Å². The van der Waals surface area contributed by atoms with E-state index in [0.717, 1.165) is 68.1 Å². The molecular weight excluding hydrogens is 755 g/mol. The van der Waals surface area contributed by atoms with E-state index in [-0.39, 0.29) is 41.9 Å². The maximum atomic E-state index is 13.6. The second-order valence-corrected chi connectivity index (χ2v) is 16.2. The fraction of sp³-hybridized carbons (Fsp3) is 0.442. The van der Waals surface area contributed by atoms with E-state index in [1.807, 2.05) is 30.9 Å². The van der Waals surface area contributed by atoms with E-state index < -0.39 is 23.8 Å². The molecule has 4 aliphatic heterocycles. The molecule has 16 heteroatoms. The molecular formula is C43H49N9O7. The molecule has 2 fully saturated rings. The largest absolute Gasteiger partial charge is 0.489 e. The normalized spacial score (nSPS) is 17.7. The van der Waals surface area contributed by atoms with Crippen LogP contribution < -0.4 is 20.3 Å². The molecule has 0 radical (unpaired) electrons. The van der Waals surface area contributed by atoms with E-state index in [1.54, 1.807) is 41.2 Å². The molecule has 6 heterocycles. The Morgan fingerprint density at radius 2 is 1.76 bits per heavy atom. The number of amides is 5. The molecule has 5 amide bonds. The molecule has 1 atom stereocenters. The predicted octanol–water partition coefficient (Wildman–Crippen LogP) is 3.65. The summed E-state index contributed by atoms with van der Waals surface area (Å²) in [7, 11) is 1.44. The van der Waals surface area contributed by atoms with Crippen molar-refractivity contribution in [1.82, 2.24) is 34.6 Å². The lowest BCUT2D eigenvalue weighted by atomic mass is 9.91. The number of imide groups is 1. The number of ether oxygens (including phenoxy) is 1. The van der Waals surface area contributed by atoms with Crippen molar-refractivity contribution in [1.29, 1.82) is 0 Å². The summed E-state index contributed by atoms with van der Waals surface area (Å²) in [5, 5.41) is 9.71. The van der Waals surface area contributed by atoms with E-state index in [1.165, 1.54) is 13.2 Å². The van der Waals surface area contributed by atoms with Gasteiger partial charge in [0.05, 0.1) is 29.1 Å². The van der Waals surface area contributed by atoms with Crippen LogP contribution in [0.15, 0.2) is 55.0 Å². The highest BCUT2D eigenvalue weighted by molar-refractivity contribution is 6.23. The quantitative estimate of drug-likeness (QED) is 0.132. The first kappa shape index (κ1) is 39.7. The fourth-order valence-corrected chi connectivity index (χ4v) is 8.76. The van der Waals surface area contributed by atoms with Gasteiger partial charge in [0.1, 0.15) is 23.6 Å². The highest BCUT2D eigenvalue weighted by Gasteiger charge is 2.43. The molecule has 0 saturated carbocycles. The number of benzene rings is 2. The van der Waals surface area contributed by atoms with Crippen molar-refractivity contribution in [3.63, 3.8) is 0 Å². The Bertz CT molecular complexity index is 2310. The molecule has 308 valence electrons. The van der Waals surface area contributed by atoms with Gasteiger partial charge in [0.2, 0.25) is 5.91 Å². The van der Waals surface area contributed by atoms with Crippen molar-refractivity contribution >= 4 is 52.8 Å². The number of carbonyl (C=O) groups is 6. The van der Waals surface area contributed by atoms with Gasteiger partial charge in [0.15, 0.2) is 5.65 Å². The number of hydrogen-bond donors (Lipinski definition) is 2. The number of aromatic nitrogens is 3. The third-order valence-corrected chi connectivity index (χ3v) is 11.9. The molecule has 4 aromatic rings. The minimum atomic E-state index is -1.04. The van der Waals surface area contributed by atoms with Crippen molar-refractivity contribution in [2.45, 2.75) is 64.6 Å². The van der Waals surface area contributed by atoms with E-state index >= 15 is 0 Å². The van der Waals surface area contributed by atoms with Crippen LogP contribution in [0.4, 0.5) is 11.4 Å². The lowest BCUT2D eigenvalue weighted by molar-refractivity contribution is -0.124. The molecule has 2 saturated heterocycles. The molecule has 0 aliphatic carbocycles. The van der Waals surface area contributed by atoms with Gasteiger partial charge in [0, 0.05) is 75.8 Å². The molecule has 0 spiro atoms. The maximum absolute atomic E-state index is 13.6. The molecule has 59 heavy (non-hydrogen) atoms. The number of likely N-dealkylation sites (tertiary alicyclic amines) is 1. The van der Waals surface area contributed by atoms with Gasteiger partial charge in [0.25, 0.3) is 23.6 Å². The molecule has 2 aromatic heterocycles. The number of nitrogens with one attached hydrogen (secondary N) is 2. The molecule has 8 rings (SSSR count). The number of likely N-dealkylation sites (N-methyl/N-ethyl adjacent to an activating group) is 1. The average Bonchev–Trinajstić information content (AvgIpc) is 3.86. The number of carbonyl (C=O) groups excluding carboxylic acids is 6. The van der Waals surface area contributed by atoms with Crippen molar-refractivity contribution in [2.75, 3.05) is 56.5 Å². The fourth-order valence-electron chi connectivity index (χ4n) is 8.76. The zero-order valence-corrected chi connectivity index (χ0v) is 33.6. The summed E-state index contributed by atoms with van der Waals surface area (Å²) in [4.78, 5) is 89.0. The lowest BCUT2D eigenvalue weighted by Crippen LogP contribution is -2.52. The van der Waals surface area contributed by atoms with Crippen LogP contribution >= 0.6 is 0 Å². The topological polar surface area (TPSA) is 179 Å². The van der Waals surface area contributed by atoms with Gasteiger partial charge < -0.3 is 34.9 Å². The van der Waals surface area contributed by atoms with Gasteiger partial charge in [-0.2, -0.15) is 5.10 Å². The zero-order valence-electron chi connectivity index (χ0n) is 33.6. The Morgan fingerprint density at radius 1 is 0.983 bits per heavy atom. The first-order valence-electron chi connectivity index (χ1n) is 20.4. The molecule has 16 nitrogen and oxygen atoms in total. The second kappa shape index (κ2) is 16.6. The van der Waals surface area contributed by atoms with Crippen LogP contribution in [0.3, 0.4) is 0 Å². The Kier molecular flexibility index (Phi) is 11.2. The van der Waals surface area contributed by atoms with Crippen LogP contribution in [-0.2, 0) is 16.1 Å². The summed E-state index contributed by atoms with van der Waals surface area (Å²) < 4.78 is 7.62. The number of hydrogen-bond acceptors (Lipinski definition) is 11. The SMILES string of the molecule is CNC(=O)C(CCC=O)N1C(=O)c2ccc(N3CC(CN4CCC(CCN5Cc6cc(NC(=O)c7cnn8cccnc78)c(OC(C)C)cc6C5=O)CC4)C3)cc2C1=O. The second-order valence-electron chi connectivity index (χ2n) is 16.2. The number of rotatable bonds is 15. The Morgan fingerprint density at radius 3 is 2.51 bits per heavy atom. The highest BCUT2D eigenvalue weighted by atomic mass is 16.5. The van der Waals surface area contributed by atoms with Crippen molar-refractivity contribution in [3.05, 3.63) is 82.8 Å². The molecule has 0 bridgehead atoms. The maximum Gasteiger partial charge on any atom is 0.262 e. The molecule has 4 aliphatic rings. The van der Waals surface area contributed by atoms with Crippen molar-refractivity contribution < 1.29 is 33.5 Å². The summed E-state index contributed by atoms with van der Waals surface area (Å²) in [6, 6.07) is 9.58. The van der Waals surface area contributed by atoms with E-state index in [2.05, 4.69) is 30.5 Å². The van der Waals surface area contributed by atoms with Gasteiger partial charge in [-0.3, -0.25) is 28.9 Å². The van der Waals surface area contributed by atoms with Crippen LogP contribution in [0.5, 0.6) is 5.75 Å².